The molecule has 0 saturated carbocycles. The van der Waals surface area contributed by atoms with E-state index in [4.69, 9.17) is 5.73 Å². The fourth-order valence-corrected chi connectivity index (χ4v) is 1.59. The number of halogens is 1. The largest absolute Gasteiger partial charge is 0.351 e. The van der Waals surface area contributed by atoms with Crippen LogP contribution in [0.15, 0.2) is 30.3 Å². The van der Waals surface area contributed by atoms with Crippen molar-refractivity contribution in [1.82, 2.24) is 4.57 Å². The Hall–Kier alpha value is -1.48. The highest BCUT2D eigenvalue weighted by Gasteiger charge is 2.07. The first kappa shape index (κ1) is 10.6. The number of aromatic nitrogens is 1. The lowest BCUT2D eigenvalue weighted by atomic mass is 10.2. The van der Waals surface area contributed by atoms with Crippen LogP contribution in [0.5, 0.6) is 0 Å². The number of aryl methyl sites for hydroxylation is 1. The number of carbonyl (C=O) groups is 1. The number of benzene rings is 1. The van der Waals surface area contributed by atoms with Crippen LogP contribution in [0.1, 0.15) is 5.69 Å². The molecule has 0 spiro atoms. The molecule has 0 bridgehead atoms. The summed E-state index contributed by atoms with van der Waals surface area (Å²) in [6.45, 7) is 1.87. The highest BCUT2D eigenvalue weighted by molar-refractivity contribution is 5.92. The Bertz CT molecular complexity index is 476. The van der Waals surface area contributed by atoms with E-state index in [9.17, 15) is 4.79 Å². The standard InChI is InChI=1S/C10H10N2O.ClH/c1-7-6-8-4-2-3-5-9(8)12(7)10(11)13;/h2-6H,1H3,(H2,11,13);1H. The fraction of sp³-hybridized carbons (Fsp3) is 0.100. The highest BCUT2D eigenvalue weighted by Crippen LogP contribution is 2.17. The van der Waals surface area contributed by atoms with Crippen LogP contribution in [-0.4, -0.2) is 10.6 Å². The predicted octanol–water partition coefficient (Wildman–Crippen LogP) is 2.30. The Morgan fingerprint density at radius 2 is 2.00 bits per heavy atom. The number of para-hydroxylation sites is 1. The van der Waals surface area contributed by atoms with Crippen LogP contribution in [0.2, 0.25) is 0 Å². The van der Waals surface area contributed by atoms with Gasteiger partial charge in [0.05, 0.1) is 5.52 Å². The molecule has 0 fully saturated rings. The van der Waals surface area contributed by atoms with Gasteiger partial charge in [0.1, 0.15) is 0 Å². The third-order valence-electron chi connectivity index (χ3n) is 2.12. The van der Waals surface area contributed by atoms with Crippen molar-refractivity contribution >= 4 is 29.3 Å². The summed E-state index contributed by atoms with van der Waals surface area (Å²) in [6.07, 6.45) is 0. The van der Waals surface area contributed by atoms with E-state index in [0.29, 0.717) is 0 Å². The highest BCUT2D eigenvalue weighted by atomic mass is 35.5. The van der Waals surface area contributed by atoms with Crippen LogP contribution in [0, 0.1) is 6.92 Å². The minimum Gasteiger partial charge on any atom is -0.351 e. The monoisotopic (exact) mass is 210 g/mol. The van der Waals surface area contributed by atoms with Crippen LogP contribution in [0.4, 0.5) is 4.79 Å². The number of fused-ring (bicyclic) bond motifs is 1. The van der Waals surface area contributed by atoms with Gasteiger partial charge in [0.25, 0.3) is 0 Å². The summed E-state index contributed by atoms with van der Waals surface area (Å²) in [4.78, 5) is 11.1. The molecule has 1 aromatic heterocycles. The van der Waals surface area contributed by atoms with Gasteiger partial charge in [-0.05, 0) is 19.1 Å². The van der Waals surface area contributed by atoms with E-state index in [1.54, 1.807) is 0 Å². The van der Waals surface area contributed by atoms with Gasteiger partial charge in [0, 0.05) is 11.1 Å². The van der Waals surface area contributed by atoms with E-state index >= 15 is 0 Å². The number of primary amides is 1. The summed E-state index contributed by atoms with van der Waals surface area (Å²) in [5, 5.41) is 1.04. The molecule has 1 heterocycles. The summed E-state index contributed by atoms with van der Waals surface area (Å²) < 4.78 is 1.51. The first-order chi connectivity index (χ1) is 6.20. The van der Waals surface area contributed by atoms with E-state index in [1.165, 1.54) is 4.57 Å². The van der Waals surface area contributed by atoms with Gasteiger partial charge >= 0.3 is 6.03 Å². The molecule has 3 nitrogen and oxygen atoms in total. The lowest BCUT2D eigenvalue weighted by Crippen LogP contribution is -2.20. The normalized spacial score (nSPS) is 9.79. The number of amides is 1. The zero-order chi connectivity index (χ0) is 9.42. The van der Waals surface area contributed by atoms with Crippen molar-refractivity contribution in [1.29, 1.82) is 0 Å². The van der Waals surface area contributed by atoms with Gasteiger partial charge in [0.15, 0.2) is 0 Å². The molecule has 0 atom stereocenters. The van der Waals surface area contributed by atoms with Crippen molar-refractivity contribution < 1.29 is 4.79 Å². The Morgan fingerprint density at radius 3 is 2.64 bits per heavy atom. The molecule has 0 radical (unpaired) electrons. The molecule has 2 aromatic rings. The minimum atomic E-state index is -0.432. The third-order valence-corrected chi connectivity index (χ3v) is 2.12. The van der Waals surface area contributed by atoms with Gasteiger partial charge in [-0.15, -0.1) is 12.4 Å². The van der Waals surface area contributed by atoms with E-state index in [0.717, 1.165) is 16.6 Å². The molecule has 2 rings (SSSR count). The van der Waals surface area contributed by atoms with Crippen LogP contribution >= 0.6 is 12.4 Å². The summed E-state index contributed by atoms with van der Waals surface area (Å²) in [5.41, 5.74) is 6.99. The number of nitrogens with zero attached hydrogens (tertiary/aromatic N) is 1. The van der Waals surface area contributed by atoms with Gasteiger partial charge in [-0.3, -0.25) is 4.57 Å². The average Bonchev–Trinajstić information content (AvgIpc) is 2.39. The SMILES string of the molecule is Cc1cc2ccccc2n1C(N)=O.Cl. The Kier molecular flexibility index (Phi) is 2.81. The molecule has 1 amide bonds. The first-order valence-electron chi connectivity index (χ1n) is 4.07. The molecule has 14 heavy (non-hydrogen) atoms. The van der Waals surface area contributed by atoms with Gasteiger partial charge < -0.3 is 5.73 Å². The van der Waals surface area contributed by atoms with Crippen molar-refractivity contribution in [3.8, 4) is 0 Å². The number of hydrogen-bond acceptors (Lipinski definition) is 1. The molecule has 74 valence electrons. The molecule has 0 saturated heterocycles. The maximum atomic E-state index is 11.1. The van der Waals surface area contributed by atoms with E-state index in [1.807, 2.05) is 37.3 Å². The summed E-state index contributed by atoms with van der Waals surface area (Å²) in [5.74, 6) is 0. The zero-order valence-electron chi connectivity index (χ0n) is 7.73. The molecule has 0 aliphatic carbocycles. The van der Waals surface area contributed by atoms with Crippen LogP contribution in [0.25, 0.3) is 10.9 Å². The Morgan fingerprint density at radius 1 is 1.36 bits per heavy atom. The van der Waals surface area contributed by atoms with E-state index < -0.39 is 6.03 Å². The topological polar surface area (TPSA) is 48.0 Å². The molecule has 2 N–H and O–H groups in total. The Balaban J connectivity index is 0.000000980. The van der Waals surface area contributed by atoms with Crippen LogP contribution in [-0.2, 0) is 0 Å². The second-order valence-corrected chi connectivity index (χ2v) is 3.02. The molecule has 1 aromatic carbocycles. The minimum absolute atomic E-state index is 0. The molecular formula is C10H11ClN2O. The number of hydrogen-bond donors (Lipinski definition) is 1. The smallest absolute Gasteiger partial charge is 0.323 e. The first-order valence-corrected chi connectivity index (χ1v) is 4.07. The van der Waals surface area contributed by atoms with Crippen LogP contribution in [0.3, 0.4) is 0 Å². The Labute approximate surface area is 87.9 Å². The average molecular weight is 211 g/mol. The second-order valence-electron chi connectivity index (χ2n) is 3.02. The summed E-state index contributed by atoms with van der Waals surface area (Å²) >= 11 is 0. The lowest BCUT2D eigenvalue weighted by Gasteiger charge is -2.00. The predicted molar refractivity (Wildman–Crippen MR) is 58.9 cm³/mol. The number of rotatable bonds is 0. The summed E-state index contributed by atoms with van der Waals surface area (Å²) in [6, 6.07) is 9.18. The maximum absolute atomic E-state index is 11.1. The van der Waals surface area contributed by atoms with Gasteiger partial charge in [0.2, 0.25) is 0 Å². The van der Waals surface area contributed by atoms with Gasteiger partial charge in [-0.1, -0.05) is 18.2 Å². The van der Waals surface area contributed by atoms with E-state index in [-0.39, 0.29) is 12.4 Å². The van der Waals surface area contributed by atoms with Crippen molar-refractivity contribution in [2.24, 2.45) is 5.73 Å². The van der Waals surface area contributed by atoms with Crippen molar-refractivity contribution in [2.45, 2.75) is 6.92 Å². The third kappa shape index (κ3) is 1.46. The zero-order valence-corrected chi connectivity index (χ0v) is 8.54. The maximum Gasteiger partial charge on any atom is 0.323 e. The molecule has 0 aliphatic heterocycles. The van der Waals surface area contributed by atoms with Crippen LogP contribution < -0.4 is 5.73 Å². The fourth-order valence-electron chi connectivity index (χ4n) is 1.59. The number of carbonyl (C=O) groups excluding carboxylic acids is 1. The number of nitrogens with two attached hydrogens (primary N) is 1. The van der Waals surface area contributed by atoms with E-state index in [2.05, 4.69) is 0 Å². The second kappa shape index (κ2) is 3.72. The summed E-state index contributed by atoms with van der Waals surface area (Å²) in [7, 11) is 0. The van der Waals surface area contributed by atoms with Crippen molar-refractivity contribution in [3.63, 3.8) is 0 Å². The van der Waals surface area contributed by atoms with Crippen molar-refractivity contribution in [2.75, 3.05) is 0 Å². The quantitative estimate of drug-likeness (QED) is 0.713. The van der Waals surface area contributed by atoms with Crippen molar-refractivity contribution in [3.05, 3.63) is 36.0 Å². The lowest BCUT2D eigenvalue weighted by molar-refractivity contribution is 0.251. The molecule has 0 aliphatic rings. The molecular weight excluding hydrogens is 200 g/mol. The molecule has 4 heteroatoms. The molecule has 0 unspecified atom stereocenters. The van der Waals surface area contributed by atoms with Gasteiger partial charge in [-0.25, -0.2) is 4.79 Å². The van der Waals surface area contributed by atoms with Gasteiger partial charge in [-0.2, -0.15) is 0 Å².